The highest BCUT2D eigenvalue weighted by atomic mass is 35.5. The summed E-state index contributed by atoms with van der Waals surface area (Å²) >= 11 is 4.84. The Hall–Kier alpha value is -1.68. The van der Waals surface area contributed by atoms with E-state index in [1.54, 1.807) is 12.1 Å². The molecule has 0 saturated carbocycles. The van der Waals surface area contributed by atoms with Crippen LogP contribution in [0, 0.1) is 0 Å². The Balaban J connectivity index is 2.87. The number of methoxy groups -OCH3 is 1. The number of phenols is 1. The smallest absolute Gasteiger partial charge is 0.349 e. The van der Waals surface area contributed by atoms with Crippen molar-refractivity contribution in [1.82, 2.24) is 0 Å². The van der Waals surface area contributed by atoms with Crippen LogP contribution in [0.25, 0.3) is 6.08 Å². The van der Waals surface area contributed by atoms with Gasteiger partial charge in [0.25, 0.3) is 0 Å². The van der Waals surface area contributed by atoms with Crippen LogP contribution in [-0.2, 0) is 9.08 Å². The van der Waals surface area contributed by atoms with Gasteiger partial charge < -0.3 is 14.1 Å². The number of benzene rings is 1. The number of phenolic OH excluding ortho intramolecular Hbond substituents is 1. The van der Waals surface area contributed by atoms with Crippen LogP contribution in [0.15, 0.2) is 24.3 Å². The van der Waals surface area contributed by atoms with Crippen LogP contribution < -0.4 is 4.74 Å². The van der Waals surface area contributed by atoms with Crippen LogP contribution in [0.4, 0.5) is 0 Å². The molecule has 0 unspecified atom stereocenters. The van der Waals surface area contributed by atoms with Crippen molar-refractivity contribution in [3.05, 3.63) is 29.8 Å². The van der Waals surface area contributed by atoms with E-state index in [0.29, 0.717) is 11.3 Å². The molecule has 0 saturated heterocycles. The van der Waals surface area contributed by atoms with Crippen molar-refractivity contribution in [1.29, 1.82) is 0 Å². The normalized spacial score (nSPS) is 10.3. The number of hydrogen-bond acceptors (Lipinski definition) is 4. The van der Waals surface area contributed by atoms with Gasteiger partial charge in [-0.1, -0.05) is 6.07 Å². The summed E-state index contributed by atoms with van der Waals surface area (Å²) in [7, 11) is 1.44. The van der Waals surface area contributed by atoms with Gasteiger partial charge in [-0.2, -0.15) is 0 Å². The molecule has 0 aliphatic carbocycles. The van der Waals surface area contributed by atoms with Gasteiger partial charge in [0.05, 0.1) is 7.11 Å². The Bertz CT molecular complexity index is 387. The number of rotatable bonds is 3. The second kappa shape index (κ2) is 5.26. The Morgan fingerprint density at radius 3 is 2.87 bits per heavy atom. The van der Waals surface area contributed by atoms with Crippen molar-refractivity contribution in [2.75, 3.05) is 7.11 Å². The number of halogens is 1. The molecule has 0 amide bonds. The number of carbonyl (C=O) groups is 1. The quantitative estimate of drug-likeness (QED) is 0.805. The molecule has 1 aromatic rings. The molecule has 1 aromatic carbocycles. The van der Waals surface area contributed by atoms with E-state index in [1.165, 1.54) is 25.3 Å². The predicted molar refractivity (Wildman–Crippen MR) is 55.6 cm³/mol. The van der Waals surface area contributed by atoms with E-state index in [-0.39, 0.29) is 5.75 Å². The van der Waals surface area contributed by atoms with Crippen molar-refractivity contribution >= 4 is 23.9 Å². The number of ether oxygens (including phenoxy) is 1. The maximum Gasteiger partial charge on any atom is 0.349 e. The van der Waals surface area contributed by atoms with Crippen molar-refractivity contribution < 1.29 is 18.9 Å². The average molecular weight is 229 g/mol. The lowest BCUT2D eigenvalue weighted by molar-refractivity contribution is -0.128. The lowest BCUT2D eigenvalue weighted by Gasteiger charge is -2.03. The predicted octanol–water partition coefficient (Wildman–Crippen LogP) is 2.11. The van der Waals surface area contributed by atoms with Crippen LogP contribution >= 0.6 is 11.9 Å². The van der Waals surface area contributed by atoms with Crippen LogP contribution in [0.3, 0.4) is 0 Å². The zero-order valence-corrected chi connectivity index (χ0v) is 8.69. The summed E-state index contributed by atoms with van der Waals surface area (Å²) in [6.45, 7) is 0. The first-order chi connectivity index (χ1) is 7.17. The molecule has 4 nitrogen and oxygen atoms in total. The molecule has 0 heterocycles. The second-order valence-electron chi connectivity index (χ2n) is 2.66. The average Bonchev–Trinajstić information content (AvgIpc) is 2.27. The molecule has 1 rings (SSSR count). The van der Waals surface area contributed by atoms with E-state index >= 15 is 0 Å². The van der Waals surface area contributed by atoms with Gasteiger partial charge in [-0.3, -0.25) is 0 Å². The lowest BCUT2D eigenvalue weighted by Crippen LogP contribution is -1.89. The van der Waals surface area contributed by atoms with Gasteiger partial charge in [-0.05, 0) is 23.8 Å². The molecule has 0 spiro atoms. The molecule has 1 N–H and O–H groups in total. The number of hydrogen-bond donors (Lipinski definition) is 1. The van der Waals surface area contributed by atoms with Gasteiger partial charge in [0, 0.05) is 6.08 Å². The topological polar surface area (TPSA) is 55.8 Å². The summed E-state index contributed by atoms with van der Waals surface area (Å²) < 4.78 is 8.81. The standard InChI is InChI=1S/C10H9ClO4/c1-14-9-6-7(2-4-8(9)12)3-5-10(13)15-11/h2-6,12H,1H3/b5-3+. The number of carbonyl (C=O) groups excluding carboxylic acids is 1. The molecule has 15 heavy (non-hydrogen) atoms. The van der Waals surface area contributed by atoms with Gasteiger partial charge >= 0.3 is 5.97 Å². The molecular formula is C10H9ClO4. The first-order valence-corrected chi connectivity index (χ1v) is 4.36. The molecule has 0 radical (unpaired) electrons. The van der Waals surface area contributed by atoms with Crippen LogP contribution in [-0.4, -0.2) is 18.2 Å². The fourth-order valence-electron chi connectivity index (χ4n) is 0.988. The van der Waals surface area contributed by atoms with Crippen molar-refractivity contribution in [3.63, 3.8) is 0 Å². The lowest BCUT2D eigenvalue weighted by atomic mass is 10.2. The Kier molecular flexibility index (Phi) is 4.00. The number of aromatic hydroxyl groups is 1. The second-order valence-corrected chi connectivity index (χ2v) is 2.82. The van der Waals surface area contributed by atoms with Gasteiger partial charge in [-0.15, -0.1) is 0 Å². The van der Waals surface area contributed by atoms with E-state index in [4.69, 9.17) is 16.6 Å². The first-order valence-electron chi connectivity index (χ1n) is 4.05. The van der Waals surface area contributed by atoms with E-state index in [0.717, 1.165) is 0 Å². The van der Waals surface area contributed by atoms with Crippen LogP contribution in [0.1, 0.15) is 5.56 Å². The summed E-state index contributed by atoms with van der Waals surface area (Å²) in [5, 5.41) is 9.30. The Labute approximate surface area is 91.9 Å². The minimum atomic E-state index is -0.663. The van der Waals surface area contributed by atoms with E-state index in [2.05, 4.69) is 4.29 Å². The van der Waals surface area contributed by atoms with E-state index < -0.39 is 5.97 Å². The van der Waals surface area contributed by atoms with Crippen LogP contribution in [0.2, 0.25) is 0 Å². The molecule has 0 bridgehead atoms. The third-order valence-corrected chi connectivity index (χ3v) is 1.84. The van der Waals surface area contributed by atoms with Crippen molar-refractivity contribution in [2.24, 2.45) is 0 Å². The largest absolute Gasteiger partial charge is 0.504 e. The molecule has 0 fully saturated rings. The SMILES string of the molecule is COc1cc(/C=C/C(=O)OCl)ccc1O. The van der Waals surface area contributed by atoms with E-state index in [1.807, 2.05) is 0 Å². The molecular weight excluding hydrogens is 220 g/mol. The van der Waals surface area contributed by atoms with Crippen LogP contribution in [0.5, 0.6) is 11.5 Å². The summed E-state index contributed by atoms with van der Waals surface area (Å²) in [4.78, 5) is 10.7. The molecule has 80 valence electrons. The van der Waals surface area contributed by atoms with E-state index in [9.17, 15) is 9.90 Å². The minimum absolute atomic E-state index is 0.0366. The Morgan fingerprint density at radius 2 is 2.27 bits per heavy atom. The fraction of sp³-hybridized carbons (Fsp3) is 0.100. The van der Waals surface area contributed by atoms with Gasteiger partial charge in [-0.25, -0.2) is 4.79 Å². The van der Waals surface area contributed by atoms with Gasteiger partial charge in [0.2, 0.25) is 0 Å². The molecule has 0 aliphatic heterocycles. The molecule has 0 atom stereocenters. The maximum atomic E-state index is 10.7. The maximum absolute atomic E-state index is 10.7. The third kappa shape index (κ3) is 3.18. The highest BCUT2D eigenvalue weighted by Crippen LogP contribution is 2.26. The van der Waals surface area contributed by atoms with Gasteiger partial charge in [0.15, 0.2) is 11.5 Å². The minimum Gasteiger partial charge on any atom is -0.504 e. The fourth-order valence-corrected chi connectivity index (χ4v) is 1.04. The zero-order valence-electron chi connectivity index (χ0n) is 7.94. The summed E-state index contributed by atoms with van der Waals surface area (Å²) in [5.74, 6) is -0.297. The monoisotopic (exact) mass is 228 g/mol. The zero-order chi connectivity index (χ0) is 11.3. The summed E-state index contributed by atoms with van der Waals surface area (Å²) in [6.07, 6.45) is 2.66. The first kappa shape index (κ1) is 11.4. The van der Waals surface area contributed by atoms with Crippen molar-refractivity contribution in [3.8, 4) is 11.5 Å². The summed E-state index contributed by atoms with van der Waals surface area (Å²) in [5.41, 5.74) is 0.687. The molecule has 0 aliphatic rings. The van der Waals surface area contributed by atoms with Gasteiger partial charge in [0.1, 0.15) is 11.9 Å². The Morgan fingerprint density at radius 1 is 1.53 bits per heavy atom. The third-order valence-electron chi connectivity index (χ3n) is 1.69. The molecule has 0 aromatic heterocycles. The summed E-state index contributed by atoms with van der Waals surface area (Å²) in [6, 6.07) is 4.66. The molecule has 5 heteroatoms. The van der Waals surface area contributed by atoms with Crippen molar-refractivity contribution in [2.45, 2.75) is 0 Å². The highest BCUT2D eigenvalue weighted by molar-refractivity contribution is 6.15. The highest BCUT2D eigenvalue weighted by Gasteiger charge is 2.01.